The predicted octanol–water partition coefficient (Wildman–Crippen LogP) is 8.81. The smallest absolute Gasteiger partial charge is 0.100 e. The number of rotatable bonds is 19. The predicted molar refractivity (Wildman–Crippen MR) is 158 cm³/mol. The van der Waals surface area contributed by atoms with Crippen molar-refractivity contribution in [3.8, 4) is 0 Å². The molecule has 0 bridgehead atoms. The summed E-state index contributed by atoms with van der Waals surface area (Å²) < 4.78 is 5.39. The molecule has 0 saturated carbocycles. The molecular formula is C33H56O3. The molecule has 0 heterocycles. The van der Waals surface area contributed by atoms with Crippen molar-refractivity contribution in [3.63, 3.8) is 0 Å². The second kappa shape index (κ2) is 21.4. The molecule has 0 aliphatic heterocycles. The van der Waals surface area contributed by atoms with Gasteiger partial charge in [0.2, 0.25) is 0 Å². The molecule has 0 amide bonds. The van der Waals surface area contributed by atoms with E-state index < -0.39 is 6.10 Å². The minimum atomic E-state index is -0.795. The zero-order valence-electron chi connectivity index (χ0n) is 24.7. The van der Waals surface area contributed by atoms with Crippen LogP contribution >= 0.6 is 0 Å². The average molecular weight is 501 g/mol. The maximum absolute atomic E-state index is 9.35. The maximum atomic E-state index is 9.35. The molecule has 36 heavy (non-hydrogen) atoms. The van der Waals surface area contributed by atoms with Crippen LogP contribution in [-0.2, 0) is 4.74 Å². The second-order valence-electron chi connectivity index (χ2n) is 10.8. The van der Waals surface area contributed by atoms with Gasteiger partial charge in [-0.25, -0.2) is 0 Å². The summed E-state index contributed by atoms with van der Waals surface area (Å²) in [6.45, 7) is 18.0. The highest BCUT2D eigenvalue weighted by Crippen LogP contribution is 2.24. The molecule has 0 spiro atoms. The van der Waals surface area contributed by atoms with Gasteiger partial charge in [-0.05, 0) is 113 Å². The summed E-state index contributed by atoms with van der Waals surface area (Å²) in [5.74, 6) is 0.536. The van der Waals surface area contributed by atoms with E-state index in [0.717, 1.165) is 51.4 Å². The summed E-state index contributed by atoms with van der Waals surface area (Å²) in [6.07, 6.45) is 22.0. The fraction of sp³-hybridized carbons (Fsp3) is 0.636. The van der Waals surface area contributed by atoms with Crippen LogP contribution in [0.5, 0.6) is 0 Å². The summed E-state index contributed by atoms with van der Waals surface area (Å²) >= 11 is 0. The van der Waals surface area contributed by atoms with E-state index >= 15 is 0 Å². The van der Waals surface area contributed by atoms with Gasteiger partial charge < -0.3 is 14.9 Å². The molecule has 0 saturated heterocycles. The lowest BCUT2D eigenvalue weighted by Crippen LogP contribution is -2.19. The molecule has 0 aliphatic rings. The molecule has 3 nitrogen and oxygen atoms in total. The summed E-state index contributed by atoms with van der Waals surface area (Å²) in [4.78, 5) is 0. The van der Waals surface area contributed by atoms with Gasteiger partial charge in [0.25, 0.3) is 0 Å². The number of hydrogen-bond acceptors (Lipinski definition) is 3. The van der Waals surface area contributed by atoms with Crippen molar-refractivity contribution in [3.05, 3.63) is 69.9 Å². The maximum Gasteiger partial charge on any atom is 0.100 e. The van der Waals surface area contributed by atoms with Crippen LogP contribution in [0.1, 0.15) is 107 Å². The van der Waals surface area contributed by atoms with E-state index in [2.05, 4.69) is 91.8 Å². The Balaban J connectivity index is 5.07. The highest BCUT2D eigenvalue weighted by molar-refractivity contribution is 5.13. The molecule has 0 aliphatic carbocycles. The van der Waals surface area contributed by atoms with E-state index in [4.69, 9.17) is 9.84 Å². The van der Waals surface area contributed by atoms with Gasteiger partial charge in [0.05, 0.1) is 19.8 Å². The highest BCUT2D eigenvalue weighted by Gasteiger charge is 2.09. The highest BCUT2D eigenvalue weighted by atomic mass is 16.5. The molecule has 0 radical (unpaired) electrons. The van der Waals surface area contributed by atoms with Gasteiger partial charge in [0, 0.05) is 0 Å². The Morgan fingerprint density at radius 1 is 0.639 bits per heavy atom. The minimum absolute atomic E-state index is 0.170. The molecule has 1 unspecified atom stereocenters. The first-order chi connectivity index (χ1) is 17.0. The van der Waals surface area contributed by atoms with Crippen molar-refractivity contribution < 1.29 is 14.9 Å². The topological polar surface area (TPSA) is 49.7 Å². The van der Waals surface area contributed by atoms with E-state index in [1.54, 1.807) is 0 Å². The molecule has 0 fully saturated rings. The van der Waals surface area contributed by atoms with Gasteiger partial charge in [-0.3, -0.25) is 0 Å². The van der Waals surface area contributed by atoms with Crippen molar-refractivity contribution in [1.29, 1.82) is 0 Å². The first kappa shape index (κ1) is 34.3. The Morgan fingerprint density at radius 2 is 1.08 bits per heavy atom. The Labute approximate surface area is 223 Å². The van der Waals surface area contributed by atoms with Gasteiger partial charge in [-0.1, -0.05) is 69.9 Å². The third kappa shape index (κ3) is 20.5. The van der Waals surface area contributed by atoms with Crippen LogP contribution in [0.2, 0.25) is 0 Å². The number of ether oxygens (including phenoxy) is 1. The SMILES string of the molecule is CC(C)=CCC/C(C)=C/CC(C/C=C(\C)CCC=C(C)C)C(C)=CCC/C(C)=C/COCC(O)CO. The Hall–Kier alpha value is -1.68. The lowest BCUT2D eigenvalue weighted by molar-refractivity contribution is 0.0148. The normalized spacial score (nSPS) is 15.1. The molecule has 206 valence electrons. The molecule has 0 aromatic carbocycles. The zero-order chi connectivity index (χ0) is 27.3. The van der Waals surface area contributed by atoms with Gasteiger partial charge in [0.15, 0.2) is 0 Å². The number of aliphatic hydroxyl groups is 2. The molecule has 3 heteroatoms. The van der Waals surface area contributed by atoms with Crippen LogP contribution < -0.4 is 0 Å². The molecule has 0 aromatic rings. The van der Waals surface area contributed by atoms with Crippen molar-refractivity contribution in [2.24, 2.45) is 5.92 Å². The zero-order valence-corrected chi connectivity index (χ0v) is 24.7. The molecule has 2 N–H and O–H groups in total. The lowest BCUT2D eigenvalue weighted by atomic mass is 9.89. The van der Waals surface area contributed by atoms with E-state index in [1.165, 1.54) is 33.4 Å². The fourth-order valence-electron chi connectivity index (χ4n) is 3.79. The van der Waals surface area contributed by atoms with Crippen LogP contribution in [0.4, 0.5) is 0 Å². The largest absolute Gasteiger partial charge is 0.394 e. The summed E-state index contributed by atoms with van der Waals surface area (Å²) in [6, 6.07) is 0. The third-order valence-corrected chi connectivity index (χ3v) is 6.40. The van der Waals surface area contributed by atoms with Gasteiger partial charge >= 0.3 is 0 Å². The average Bonchev–Trinajstić information content (AvgIpc) is 2.81. The van der Waals surface area contributed by atoms with Crippen LogP contribution in [0.3, 0.4) is 0 Å². The van der Waals surface area contributed by atoms with Crippen molar-refractivity contribution in [2.75, 3.05) is 19.8 Å². The van der Waals surface area contributed by atoms with E-state index in [9.17, 15) is 5.11 Å². The van der Waals surface area contributed by atoms with E-state index in [0.29, 0.717) is 12.5 Å². The number of allylic oxidation sites excluding steroid dienone is 11. The van der Waals surface area contributed by atoms with E-state index in [1.807, 2.05) is 0 Å². The van der Waals surface area contributed by atoms with Crippen molar-refractivity contribution >= 4 is 0 Å². The van der Waals surface area contributed by atoms with Crippen molar-refractivity contribution in [1.82, 2.24) is 0 Å². The van der Waals surface area contributed by atoms with Crippen LogP contribution in [0.25, 0.3) is 0 Å². The fourth-order valence-corrected chi connectivity index (χ4v) is 3.79. The van der Waals surface area contributed by atoms with Crippen LogP contribution in [0, 0.1) is 5.92 Å². The van der Waals surface area contributed by atoms with E-state index in [-0.39, 0.29) is 13.2 Å². The Morgan fingerprint density at radius 3 is 1.53 bits per heavy atom. The lowest BCUT2D eigenvalue weighted by Gasteiger charge is -2.16. The quantitative estimate of drug-likeness (QED) is 0.138. The van der Waals surface area contributed by atoms with Gasteiger partial charge in [-0.2, -0.15) is 0 Å². The monoisotopic (exact) mass is 500 g/mol. The third-order valence-electron chi connectivity index (χ3n) is 6.40. The van der Waals surface area contributed by atoms with Gasteiger partial charge in [-0.15, -0.1) is 0 Å². The molecule has 0 rings (SSSR count). The first-order valence-corrected chi connectivity index (χ1v) is 13.8. The standard InChI is InChI=1S/C33H56O3/c1-26(2)12-9-14-28(5)18-20-32(21-19-29(6)15-10-13-27(3)4)31(8)17-11-16-30(7)22-23-36-25-33(35)24-34/h12-13,17-19,22,32-35H,9-11,14-16,20-21,23-25H2,1-8H3/b28-18+,29-19+,30-22+,31-17?. The summed E-state index contributed by atoms with van der Waals surface area (Å²) in [5.41, 5.74) is 8.53. The molecular weight excluding hydrogens is 444 g/mol. The number of aliphatic hydroxyl groups excluding tert-OH is 2. The summed E-state index contributed by atoms with van der Waals surface area (Å²) in [5, 5.41) is 18.2. The first-order valence-electron chi connectivity index (χ1n) is 13.8. The summed E-state index contributed by atoms with van der Waals surface area (Å²) in [7, 11) is 0. The second-order valence-corrected chi connectivity index (χ2v) is 10.8. The van der Waals surface area contributed by atoms with Crippen molar-refractivity contribution in [2.45, 2.75) is 113 Å². The van der Waals surface area contributed by atoms with Gasteiger partial charge in [0.1, 0.15) is 6.10 Å². The minimum Gasteiger partial charge on any atom is -0.394 e. The molecule has 0 aromatic heterocycles. The Bertz CT molecular complexity index is 729. The Kier molecular flexibility index (Phi) is 20.4. The van der Waals surface area contributed by atoms with Crippen LogP contribution in [-0.4, -0.2) is 36.1 Å². The molecule has 1 atom stereocenters. The number of hydrogen-bond donors (Lipinski definition) is 2. The van der Waals surface area contributed by atoms with Crippen LogP contribution in [0.15, 0.2) is 69.9 Å².